The van der Waals surface area contributed by atoms with E-state index in [9.17, 15) is 0 Å². The Morgan fingerprint density at radius 2 is 2.08 bits per heavy atom. The van der Waals surface area contributed by atoms with Crippen LogP contribution in [0.25, 0.3) is 0 Å². The van der Waals surface area contributed by atoms with Crippen LogP contribution in [0.3, 0.4) is 0 Å². The average Bonchev–Trinajstić information content (AvgIpc) is 2.02. The van der Waals surface area contributed by atoms with Gasteiger partial charge in [-0.2, -0.15) is 11.8 Å². The Bertz CT molecular complexity index is 103. The van der Waals surface area contributed by atoms with E-state index >= 15 is 0 Å². The second-order valence-corrected chi connectivity index (χ2v) is 4.99. The van der Waals surface area contributed by atoms with Gasteiger partial charge >= 0.3 is 0 Å². The first-order valence-electron chi connectivity index (χ1n) is 4.63. The summed E-state index contributed by atoms with van der Waals surface area (Å²) in [6.07, 6.45) is 3.22. The van der Waals surface area contributed by atoms with Crippen molar-refractivity contribution in [3.05, 3.63) is 0 Å². The van der Waals surface area contributed by atoms with Crippen molar-refractivity contribution in [3.8, 4) is 0 Å². The highest BCUT2D eigenvalue weighted by molar-refractivity contribution is 8.00. The van der Waals surface area contributed by atoms with Gasteiger partial charge < -0.3 is 10.8 Å². The maximum atomic E-state index is 8.88. The largest absolute Gasteiger partial charge is 0.396 e. The quantitative estimate of drug-likeness (QED) is 0.643. The second kappa shape index (κ2) is 6.75. The topological polar surface area (TPSA) is 46.2 Å². The lowest BCUT2D eigenvalue weighted by Gasteiger charge is -2.27. The molecule has 0 radical (unpaired) electrons. The van der Waals surface area contributed by atoms with Crippen LogP contribution >= 0.6 is 11.8 Å². The maximum Gasteiger partial charge on any atom is 0.0444 e. The van der Waals surface area contributed by atoms with Crippen LogP contribution in [0, 0.1) is 0 Å². The molecule has 2 nitrogen and oxygen atoms in total. The standard InChI is InChI=1S/C9H21NOS/c1-3-4-9(2,5-7-11)12-8-6-10/h11H,3-8,10H2,1-2H3. The summed E-state index contributed by atoms with van der Waals surface area (Å²) in [5.41, 5.74) is 5.44. The van der Waals surface area contributed by atoms with Gasteiger partial charge in [0.25, 0.3) is 0 Å². The van der Waals surface area contributed by atoms with Gasteiger partial charge in [0, 0.05) is 23.7 Å². The number of hydrogen-bond donors (Lipinski definition) is 2. The van der Waals surface area contributed by atoms with E-state index in [0.717, 1.165) is 25.1 Å². The number of nitrogens with two attached hydrogens (primary N) is 1. The first-order chi connectivity index (χ1) is 5.68. The minimum absolute atomic E-state index is 0.239. The third-order valence-corrected chi connectivity index (χ3v) is 3.53. The highest BCUT2D eigenvalue weighted by atomic mass is 32.2. The summed E-state index contributed by atoms with van der Waals surface area (Å²) in [6, 6.07) is 0. The highest BCUT2D eigenvalue weighted by Gasteiger charge is 2.22. The van der Waals surface area contributed by atoms with Crippen LogP contribution in [0.2, 0.25) is 0 Å². The number of rotatable bonds is 7. The van der Waals surface area contributed by atoms with Crippen LogP contribution in [-0.4, -0.2) is 28.8 Å². The monoisotopic (exact) mass is 191 g/mol. The van der Waals surface area contributed by atoms with E-state index in [1.807, 2.05) is 11.8 Å². The fraction of sp³-hybridized carbons (Fsp3) is 1.00. The van der Waals surface area contributed by atoms with Crippen LogP contribution < -0.4 is 5.73 Å². The third kappa shape index (κ3) is 5.01. The first kappa shape index (κ1) is 12.3. The summed E-state index contributed by atoms with van der Waals surface area (Å²) >= 11 is 1.89. The smallest absolute Gasteiger partial charge is 0.0444 e. The van der Waals surface area contributed by atoms with Crippen molar-refractivity contribution in [2.45, 2.75) is 37.9 Å². The van der Waals surface area contributed by atoms with Gasteiger partial charge in [0.15, 0.2) is 0 Å². The molecule has 12 heavy (non-hydrogen) atoms. The van der Waals surface area contributed by atoms with Crippen LogP contribution in [-0.2, 0) is 0 Å². The van der Waals surface area contributed by atoms with E-state index < -0.39 is 0 Å². The number of aliphatic hydroxyl groups excluding tert-OH is 1. The fourth-order valence-corrected chi connectivity index (χ4v) is 2.53. The van der Waals surface area contributed by atoms with Gasteiger partial charge in [-0.25, -0.2) is 0 Å². The Balaban J connectivity index is 3.80. The van der Waals surface area contributed by atoms with Gasteiger partial charge in [0.2, 0.25) is 0 Å². The molecular weight excluding hydrogens is 170 g/mol. The molecule has 1 unspecified atom stereocenters. The molecule has 0 aromatic carbocycles. The van der Waals surface area contributed by atoms with Crippen molar-refractivity contribution in [1.82, 2.24) is 0 Å². The molecule has 0 fully saturated rings. The predicted octanol–water partition coefficient (Wildman–Crippen LogP) is 1.62. The molecule has 0 amide bonds. The van der Waals surface area contributed by atoms with Crippen molar-refractivity contribution in [1.29, 1.82) is 0 Å². The van der Waals surface area contributed by atoms with Gasteiger partial charge in [-0.15, -0.1) is 0 Å². The van der Waals surface area contributed by atoms with E-state index in [-0.39, 0.29) is 11.4 Å². The van der Waals surface area contributed by atoms with Crippen LogP contribution in [0.15, 0.2) is 0 Å². The maximum absolute atomic E-state index is 8.88. The molecule has 0 aromatic rings. The van der Waals surface area contributed by atoms with Gasteiger partial charge in [-0.05, 0) is 12.8 Å². The Morgan fingerprint density at radius 3 is 2.50 bits per heavy atom. The average molecular weight is 191 g/mol. The predicted molar refractivity (Wildman–Crippen MR) is 56.5 cm³/mol. The molecule has 0 spiro atoms. The van der Waals surface area contributed by atoms with Crippen molar-refractivity contribution in [2.24, 2.45) is 5.73 Å². The van der Waals surface area contributed by atoms with Crippen molar-refractivity contribution < 1.29 is 5.11 Å². The molecule has 1 atom stereocenters. The van der Waals surface area contributed by atoms with Gasteiger partial charge in [-0.1, -0.05) is 20.3 Å². The molecule has 0 rings (SSSR count). The number of thioether (sulfide) groups is 1. The van der Waals surface area contributed by atoms with Crippen molar-refractivity contribution in [3.63, 3.8) is 0 Å². The molecule has 0 heterocycles. The molecular formula is C9H21NOS. The molecule has 3 N–H and O–H groups in total. The molecule has 0 aliphatic rings. The highest BCUT2D eigenvalue weighted by Crippen LogP contribution is 2.32. The SMILES string of the molecule is CCCC(C)(CCO)SCCN. The molecule has 0 aliphatic heterocycles. The number of aliphatic hydroxyl groups is 1. The Labute approximate surface area is 79.9 Å². The fourth-order valence-electron chi connectivity index (χ4n) is 1.34. The molecule has 0 bridgehead atoms. The molecule has 0 aliphatic carbocycles. The normalized spacial score (nSPS) is 16.0. The Kier molecular flexibility index (Phi) is 6.90. The second-order valence-electron chi connectivity index (χ2n) is 3.31. The van der Waals surface area contributed by atoms with E-state index in [1.54, 1.807) is 0 Å². The van der Waals surface area contributed by atoms with E-state index in [0.29, 0.717) is 0 Å². The van der Waals surface area contributed by atoms with Crippen molar-refractivity contribution in [2.75, 3.05) is 18.9 Å². The first-order valence-corrected chi connectivity index (χ1v) is 5.62. The Morgan fingerprint density at radius 1 is 1.42 bits per heavy atom. The summed E-state index contributed by atoms with van der Waals surface area (Å²) in [5, 5.41) is 8.88. The summed E-state index contributed by atoms with van der Waals surface area (Å²) < 4.78 is 0.239. The summed E-state index contributed by atoms with van der Waals surface area (Å²) in [6.45, 7) is 5.41. The van der Waals surface area contributed by atoms with Gasteiger partial charge in [-0.3, -0.25) is 0 Å². The zero-order chi connectivity index (χ0) is 9.45. The minimum Gasteiger partial charge on any atom is -0.396 e. The lowest BCUT2D eigenvalue weighted by molar-refractivity contribution is 0.268. The zero-order valence-electron chi connectivity index (χ0n) is 8.18. The molecule has 74 valence electrons. The summed E-state index contributed by atoms with van der Waals surface area (Å²) in [4.78, 5) is 0. The van der Waals surface area contributed by atoms with E-state index in [1.165, 1.54) is 6.42 Å². The van der Waals surface area contributed by atoms with E-state index in [4.69, 9.17) is 10.8 Å². The zero-order valence-corrected chi connectivity index (χ0v) is 8.99. The van der Waals surface area contributed by atoms with E-state index in [2.05, 4.69) is 13.8 Å². The molecule has 0 saturated carbocycles. The lowest BCUT2D eigenvalue weighted by Crippen LogP contribution is -2.23. The van der Waals surface area contributed by atoms with Gasteiger partial charge in [0.1, 0.15) is 0 Å². The van der Waals surface area contributed by atoms with Gasteiger partial charge in [0.05, 0.1) is 0 Å². The minimum atomic E-state index is 0.239. The molecule has 0 saturated heterocycles. The lowest BCUT2D eigenvalue weighted by atomic mass is 10.0. The Hall–Kier alpha value is 0.270. The summed E-state index contributed by atoms with van der Waals surface area (Å²) in [5.74, 6) is 0.997. The van der Waals surface area contributed by atoms with Crippen LogP contribution in [0.5, 0.6) is 0 Å². The number of hydrogen-bond acceptors (Lipinski definition) is 3. The summed E-state index contributed by atoms with van der Waals surface area (Å²) in [7, 11) is 0. The van der Waals surface area contributed by atoms with Crippen LogP contribution in [0.4, 0.5) is 0 Å². The molecule has 0 aromatic heterocycles. The molecule has 3 heteroatoms. The third-order valence-electron chi connectivity index (χ3n) is 1.99. The van der Waals surface area contributed by atoms with Crippen molar-refractivity contribution >= 4 is 11.8 Å². The van der Waals surface area contributed by atoms with Crippen LogP contribution in [0.1, 0.15) is 33.1 Å².